The van der Waals surface area contributed by atoms with E-state index in [4.69, 9.17) is 16.3 Å². The van der Waals surface area contributed by atoms with Crippen LogP contribution in [0.25, 0.3) is 0 Å². The summed E-state index contributed by atoms with van der Waals surface area (Å²) in [6, 6.07) is 21.9. The number of amides is 2. The molecule has 0 heterocycles. The van der Waals surface area contributed by atoms with Crippen molar-refractivity contribution in [3.05, 3.63) is 99.0 Å². The number of carbonyl (C=O) groups excluding carboxylic acids is 2. The number of benzene rings is 3. The molecule has 5 nitrogen and oxygen atoms in total. The van der Waals surface area contributed by atoms with Gasteiger partial charge in [0.15, 0.2) is 6.61 Å². The predicted octanol–water partition coefficient (Wildman–Crippen LogP) is 5.18. The van der Waals surface area contributed by atoms with Gasteiger partial charge in [-0.15, -0.1) is 0 Å². The van der Waals surface area contributed by atoms with Crippen molar-refractivity contribution < 1.29 is 14.3 Å². The number of halogens is 2. The summed E-state index contributed by atoms with van der Waals surface area (Å²) in [5.41, 5.74) is 2.74. The summed E-state index contributed by atoms with van der Waals surface area (Å²) in [5, 5.41) is 3.34. The van der Waals surface area contributed by atoms with Crippen LogP contribution in [0.1, 0.15) is 16.7 Å². The van der Waals surface area contributed by atoms with E-state index < -0.39 is 6.04 Å². The molecule has 0 aliphatic heterocycles. The predicted molar refractivity (Wildman–Crippen MR) is 134 cm³/mol. The zero-order chi connectivity index (χ0) is 23.8. The molecule has 33 heavy (non-hydrogen) atoms. The maximum Gasteiger partial charge on any atom is 0.261 e. The molecule has 3 aromatic rings. The topological polar surface area (TPSA) is 58.6 Å². The van der Waals surface area contributed by atoms with Crippen LogP contribution in [0.5, 0.6) is 5.75 Å². The summed E-state index contributed by atoms with van der Waals surface area (Å²) in [5.74, 6) is 0.0371. The van der Waals surface area contributed by atoms with Gasteiger partial charge in [0.2, 0.25) is 5.91 Å². The minimum absolute atomic E-state index is 0.195. The third kappa shape index (κ3) is 7.07. The van der Waals surface area contributed by atoms with E-state index >= 15 is 0 Å². The third-order valence-corrected chi connectivity index (χ3v) is 6.23. The molecule has 1 atom stereocenters. The number of aryl methyl sites for hydroxylation is 1. The van der Waals surface area contributed by atoms with Gasteiger partial charge >= 0.3 is 0 Å². The van der Waals surface area contributed by atoms with E-state index in [0.29, 0.717) is 17.2 Å². The van der Waals surface area contributed by atoms with Gasteiger partial charge in [0.1, 0.15) is 11.8 Å². The molecule has 0 saturated carbocycles. The van der Waals surface area contributed by atoms with Crippen LogP contribution in [0.3, 0.4) is 0 Å². The Morgan fingerprint density at radius 3 is 2.36 bits per heavy atom. The highest BCUT2D eigenvalue weighted by Gasteiger charge is 2.30. The molecule has 1 N–H and O–H groups in total. The Balaban J connectivity index is 1.86. The van der Waals surface area contributed by atoms with Crippen LogP contribution >= 0.6 is 27.5 Å². The smallest absolute Gasteiger partial charge is 0.261 e. The standard InChI is InChI=1S/C26H26BrClN2O3/c1-18-14-22(12-13-23(18)28)33-17-25(31)30(16-20-8-10-21(27)11-9-20)24(26(32)29-2)15-19-6-4-3-5-7-19/h3-14,24H,15-17H2,1-2H3,(H,29,32)/t24-/m0/s1. The number of carbonyl (C=O) groups is 2. The lowest BCUT2D eigenvalue weighted by molar-refractivity contribution is -0.142. The molecule has 0 spiro atoms. The maximum atomic E-state index is 13.4. The summed E-state index contributed by atoms with van der Waals surface area (Å²) in [6.07, 6.45) is 0.392. The lowest BCUT2D eigenvalue weighted by Crippen LogP contribution is -2.51. The minimum atomic E-state index is -0.691. The van der Waals surface area contributed by atoms with Crippen LogP contribution in [-0.4, -0.2) is 36.4 Å². The van der Waals surface area contributed by atoms with E-state index in [0.717, 1.165) is 21.2 Å². The van der Waals surface area contributed by atoms with Crippen LogP contribution in [-0.2, 0) is 22.6 Å². The van der Waals surface area contributed by atoms with Crippen LogP contribution < -0.4 is 10.1 Å². The molecule has 3 aromatic carbocycles. The second kappa shape index (κ2) is 11.9. The Morgan fingerprint density at radius 2 is 1.73 bits per heavy atom. The summed E-state index contributed by atoms with van der Waals surface area (Å²) < 4.78 is 6.71. The minimum Gasteiger partial charge on any atom is -0.484 e. The van der Waals surface area contributed by atoms with E-state index in [1.54, 1.807) is 30.1 Å². The zero-order valence-electron chi connectivity index (χ0n) is 18.6. The average Bonchev–Trinajstić information content (AvgIpc) is 2.83. The van der Waals surface area contributed by atoms with Crippen LogP contribution in [0.4, 0.5) is 0 Å². The first-order valence-electron chi connectivity index (χ1n) is 10.6. The Bertz CT molecular complexity index is 1090. The van der Waals surface area contributed by atoms with Crippen molar-refractivity contribution in [2.45, 2.75) is 25.9 Å². The highest BCUT2D eigenvalue weighted by atomic mass is 79.9. The summed E-state index contributed by atoms with van der Waals surface area (Å²) >= 11 is 9.52. The fraction of sp³-hybridized carbons (Fsp3) is 0.231. The van der Waals surface area contributed by atoms with Gasteiger partial charge in [-0.25, -0.2) is 0 Å². The van der Waals surface area contributed by atoms with Crippen molar-refractivity contribution in [1.82, 2.24) is 10.2 Å². The van der Waals surface area contributed by atoms with Crippen LogP contribution in [0.2, 0.25) is 5.02 Å². The lowest BCUT2D eigenvalue weighted by atomic mass is 10.0. The first-order valence-corrected chi connectivity index (χ1v) is 11.7. The quantitative estimate of drug-likeness (QED) is 0.416. The van der Waals surface area contributed by atoms with E-state index in [1.807, 2.05) is 61.5 Å². The summed E-state index contributed by atoms with van der Waals surface area (Å²) in [4.78, 5) is 27.9. The van der Waals surface area contributed by atoms with Gasteiger partial charge in [0.05, 0.1) is 0 Å². The zero-order valence-corrected chi connectivity index (χ0v) is 20.9. The molecule has 2 amide bonds. The van der Waals surface area contributed by atoms with Gasteiger partial charge in [0.25, 0.3) is 5.91 Å². The molecule has 0 bridgehead atoms. The number of nitrogens with one attached hydrogen (secondary N) is 1. The van der Waals surface area contributed by atoms with Gasteiger partial charge < -0.3 is 15.0 Å². The van der Waals surface area contributed by atoms with Crippen molar-refractivity contribution in [2.24, 2.45) is 0 Å². The largest absolute Gasteiger partial charge is 0.484 e. The molecule has 0 radical (unpaired) electrons. The second-order valence-electron chi connectivity index (χ2n) is 7.67. The molecule has 0 saturated heterocycles. The van der Waals surface area contributed by atoms with Gasteiger partial charge in [-0.05, 0) is 53.9 Å². The molecule has 7 heteroatoms. The van der Waals surface area contributed by atoms with Crippen LogP contribution in [0, 0.1) is 6.92 Å². The van der Waals surface area contributed by atoms with Crippen molar-refractivity contribution in [3.8, 4) is 5.75 Å². The summed E-state index contributed by atoms with van der Waals surface area (Å²) in [6.45, 7) is 1.96. The lowest BCUT2D eigenvalue weighted by Gasteiger charge is -2.31. The molecular weight excluding hydrogens is 504 g/mol. The van der Waals surface area contributed by atoms with Crippen molar-refractivity contribution >= 4 is 39.3 Å². The number of nitrogens with zero attached hydrogens (tertiary/aromatic N) is 1. The highest BCUT2D eigenvalue weighted by Crippen LogP contribution is 2.22. The van der Waals surface area contributed by atoms with E-state index in [-0.39, 0.29) is 25.0 Å². The van der Waals surface area contributed by atoms with Gasteiger partial charge in [-0.2, -0.15) is 0 Å². The Kier molecular flexibility index (Phi) is 8.92. The monoisotopic (exact) mass is 528 g/mol. The van der Waals surface area contributed by atoms with Crippen molar-refractivity contribution in [3.63, 3.8) is 0 Å². The molecule has 0 aliphatic rings. The van der Waals surface area contributed by atoms with E-state index in [1.165, 1.54) is 0 Å². The molecule has 172 valence electrons. The highest BCUT2D eigenvalue weighted by molar-refractivity contribution is 9.10. The fourth-order valence-electron chi connectivity index (χ4n) is 3.44. The number of rotatable bonds is 9. The van der Waals surface area contributed by atoms with E-state index in [9.17, 15) is 9.59 Å². The maximum absolute atomic E-state index is 13.4. The Labute approximate surface area is 207 Å². The molecular formula is C26H26BrClN2O3. The fourth-order valence-corrected chi connectivity index (χ4v) is 3.82. The molecule has 0 aliphatic carbocycles. The van der Waals surface area contributed by atoms with Gasteiger partial charge in [-0.3, -0.25) is 9.59 Å². The third-order valence-electron chi connectivity index (χ3n) is 5.28. The number of likely N-dealkylation sites (N-methyl/N-ethyl adjacent to an activating group) is 1. The molecule has 3 rings (SSSR count). The number of hydrogen-bond donors (Lipinski definition) is 1. The number of hydrogen-bond acceptors (Lipinski definition) is 3. The first-order chi connectivity index (χ1) is 15.9. The van der Waals surface area contributed by atoms with Crippen molar-refractivity contribution in [1.29, 1.82) is 0 Å². The Hall–Kier alpha value is -2.83. The SMILES string of the molecule is CNC(=O)[C@H](Cc1ccccc1)N(Cc1ccc(Br)cc1)C(=O)COc1ccc(Cl)c(C)c1. The first kappa shape index (κ1) is 24.8. The van der Waals surface area contributed by atoms with E-state index in [2.05, 4.69) is 21.2 Å². The normalized spacial score (nSPS) is 11.5. The average molecular weight is 530 g/mol. The van der Waals surface area contributed by atoms with Gasteiger partial charge in [-0.1, -0.05) is 70.0 Å². The molecule has 0 fully saturated rings. The Morgan fingerprint density at radius 1 is 1.03 bits per heavy atom. The van der Waals surface area contributed by atoms with Crippen molar-refractivity contribution in [2.75, 3.05) is 13.7 Å². The molecule has 0 unspecified atom stereocenters. The number of ether oxygens (including phenoxy) is 1. The van der Waals surface area contributed by atoms with Crippen LogP contribution in [0.15, 0.2) is 77.3 Å². The molecule has 0 aromatic heterocycles. The second-order valence-corrected chi connectivity index (χ2v) is 8.99. The van der Waals surface area contributed by atoms with Gasteiger partial charge in [0, 0.05) is 29.5 Å². The summed E-state index contributed by atoms with van der Waals surface area (Å²) in [7, 11) is 1.58.